The first kappa shape index (κ1) is 17.9. The topological polar surface area (TPSA) is 89.5 Å². The highest BCUT2D eigenvalue weighted by atomic mass is 16.6. The monoisotopic (exact) mass is 309 g/mol. The Morgan fingerprint density at radius 1 is 1.36 bits per heavy atom. The van der Waals surface area contributed by atoms with Crippen LogP contribution in [0.1, 0.15) is 26.3 Å². The van der Waals surface area contributed by atoms with Gasteiger partial charge in [0, 0.05) is 25.9 Å². The van der Waals surface area contributed by atoms with Crippen LogP contribution in [0.3, 0.4) is 0 Å². The van der Waals surface area contributed by atoms with E-state index in [0.29, 0.717) is 6.42 Å². The molecule has 0 aliphatic rings. The van der Waals surface area contributed by atoms with E-state index in [1.807, 2.05) is 6.07 Å². The zero-order valence-corrected chi connectivity index (χ0v) is 13.4. The second kappa shape index (κ2) is 8.33. The lowest BCUT2D eigenvalue weighted by Crippen LogP contribution is -2.49. The molecule has 0 radical (unpaired) electrons. The Morgan fingerprint density at radius 3 is 2.64 bits per heavy atom. The van der Waals surface area contributed by atoms with Gasteiger partial charge in [-0.05, 0) is 32.4 Å². The van der Waals surface area contributed by atoms with E-state index in [4.69, 9.17) is 9.47 Å². The summed E-state index contributed by atoms with van der Waals surface area (Å²) < 4.78 is 9.99. The number of nitrogens with zero attached hydrogens (tertiary/aromatic N) is 1. The molecule has 7 heteroatoms. The maximum absolute atomic E-state index is 12.1. The number of carbonyl (C=O) groups excluding carboxylic acids is 2. The summed E-state index contributed by atoms with van der Waals surface area (Å²) in [6, 6.07) is 2.84. The molecule has 0 unspecified atom stereocenters. The Morgan fingerprint density at radius 2 is 2.09 bits per heavy atom. The molecule has 2 N–H and O–H groups in total. The summed E-state index contributed by atoms with van der Waals surface area (Å²) in [5.74, 6) is -0.350. The molecule has 0 aromatic carbocycles. The molecule has 0 fully saturated rings. The number of methoxy groups -OCH3 is 1. The largest absolute Gasteiger partial charge is 0.444 e. The van der Waals surface area contributed by atoms with Gasteiger partial charge in [-0.25, -0.2) is 4.79 Å². The van der Waals surface area contributed by atoms with E-state index in [-0.39, 0.29) is 12.6 Å². The quantitative estimate of drug-likeness (QED) is 0.772. The number of ether oxygens (including phenoxy) is 2. The molecule has 0 saturated carbocycles. The first-order chi connectivity index (χ1) is 10.3. The molecule has 1 atom stereocenters. The van der Waals surface area contributed by atoms with Gasteiger partial charge in [-0.2, -0.15) is 0 Å². The van der Waals surface area contributed by atoms with Gasteiger partial charge in [-0.15, -0.1) is 0 Å². The average molecular weight is 309 g/mol. The molecule has 0 saturated heterocycles. The van der Waals surface area contributed by atoms with Gasteiger partial charge in [0.05, 0.1) is 0 Å². The third-order valence-electron chi connectivity index (χ3n) is 2.56. The number of pyridine rings is 1. The number of amides is 2. The van der Waals surface area contributed by atoms with Gasteiger partial charge in [-0.3, -0.25) is 9.78 Å². The van der Waals surface area contributed by atoms with Crippen LogP contribution in [-0.2, 0) is 20.7 Å². The van der Waals surface area contributed by atoms with Crippen LogP contribution in [-0.4, -0.2) is 42.5 Å². The Bertz CT molecular complexity index is 485. The average Bonchev–Trinajstić information content (AvgIpc) is 2.43. The molecule has 0 bridgehead atoms. The van der Waals surface area contributed by atoms with E-state index in [1.54, 1.807) is 39.2 Å². The second-order valence-electron chi connectivity index (χ2n) is 5.74. The van der Waals surface area contributed by atoms with Crippen molar-refractivity contribution in [1.29, 1.82) is 0 Å². The van der Waals surface area contributed by atoms with Crippen molar-refractivity contribution in [2.24, 2.45) is 0 Å². The van der Waals surface area contributed by atoms with Gasteiger partial charge < -0.3 is 20.1 Å². The van der Waals surface area contributed by atoms with Crippen LogP contribution in [0, 0.1) is 0 Å². The minimum absolute atomic E-state index is 0.0678. The van der Waals surface area contributed by atoms with Crippen LogP contribution in [0.5, 0.6) is 0 Å². The van der Waals surface area contributed by atoms with E-state index in [2.05, 4.69) is 15.6 Å². The number of hydrogen-bond donors (Lipinski definition) is 2. The predicted molar refractivity (Wildman–Crippen MR) is 81.1 cm³/mol. The molecule has 0 aliphatic carbocycles. The van der Waals surface area contributed by atoms with Crippen molar-refractivity contribution in [3.63, 3.8) is 0 Å². The molecule has 122 valence electrons. The van der Waals surface area contributed by atoms with Crippen LogP contribution < -0.4 is 10.6 Å². The minimum Gasteiger partial charge on any atom is -0.444 e. The number of aromatic nitrogens is 1. The lowest BCUT2D eigenvalue weighted by molar-refractivity contribution is -0.124. The molecule has 2 amide bonds. The normalized spacial score (nSPS) is 12.4. The minimum atomic E-state index is -0.769. The highest BCUT2D eigenvalue weighted by Gasteiger charge is 2.24. The molecule has 1 rings (SSSR count). The summed E-state index contributed by atoms with van der Waals surface area (Å²) in [5.41, 5.74) is 0.197. The Labute approximate surface area is 130 Å². The van der Waals surface area contributed by atoms with Crippen LogP contribution >= 0.6 is 0 Å². The summed E-state index contributed by atoms with van der Waals surface area (Å²) in [5, 5.41) is 5.14. The molecule has 1 aromatic heterocycles. The van der Waals surface area contributed by atoms with Gasteiger partial charge in [-0.1, -0.05) is 6.07 Å². The van der Waals surface area contributed by atoms with Gasteiger partial charge in [0.25, 0.3) is 0 Å². The van der Waals surface area contributed by atoms with E-state index in [0.717, 1.165) is 5.56 Å². The third-order valence-corrected chi connectivity index (χ3v) is 2.56. The molecule has 22 heavy (non-hydrogen) atoms. The molecule has 1 heterocycles. The molecule has 0 aliphatic heterocycles. The molecular formula is C15H23N3O4. The molecule has 1 aromatic rings. The number of carbonyl (C=O) groups is 2. The van der Waals surface area contributed by atoms with E-state index < -0.39 is 17.7 Å². The smallest absolute Gasteiger partial charge is 0.408 e. The number of hydrogen-bond acceptors (Lipinski definition) is 5. The van der Waals surface area contributed by atoms with Crippen molar-refractivity contribution in [1.82, 2.24) is 15.6 Å². The van der Waals surface area contributed by atoms with Crippen molar-refractivity contribution in [3.8, 4) is 0 Å². The fraction of sp³-hybridized carbons (Fsp3) is 0.533. The molecular weight excluding hydrogens is 286 g/mol. The number of rotatable bonds is 6. The number of nitrogens with one attached hydrogen (secondary N) is 2. The fourth-order valence-corrected chi connectivity index (χ4v) is 1.68. The van der Waals surface area contributed by atoms with Crippen LogP contribution in [0.2, 0.25) is 0 Å². The van der Waals surface area contributed by atoms with E-state index >= 15 is 0 Å². The maximum Gasteiger partial charge on any atom is 0.408 e. The summed E-state index contributed by atoms with van der Waals surface area (Å²) in [4.78, 5) is 28.0. The van der Waals surface area contributed by atoms with Crippen molar-refractivity contribution in [3.05, 3.63) is 30.1 Å². The highest BCUT2D eigenvalue weighted by molar-refractivity contribution is 5.85. The first-order valence-corrected chi connectivity index (χ1v) is 6.97. The van der Waals surface area contributed by atoms with E-state index in [9.17, 15) is 9.59 Å². The lowest BCUT2D eigenvalue weighted by atomic mass is 10.1. The summed E-state index contributed by atoms with van der Waals surface area (Å²) >= 11 is 0. The summed E-state index contributed by atoms with van der Waals surface area (Å²) in [6.07, 6.45) is 2.95. The maximum atomic E-state index is 12.1. The van der Waals surface area contributed by atoms with E-state index in [1.165, 1.54) is 7.11 Å². The summed E-state index contributed by atoms with van der Waals surface area (Å²) in [6.45, 7) is 5.34. The van der Waals surface area contributed by atoms with Gasteiger partial charge in [0.15, 0.2) is 0 Å². The molecule has 7 nitrogen and oxygen atoms in total. The van der Waals surface area contributed by atoms with Gasteiger partial charge in [0.1, 0.15) is 18.4 Å². The molecule has 0 spiro atoms. The van der Waals surface area contributed by atoms with Crippen LogP contribution in [0.15, 0.2) is 24.5 Å². The Hall–Kier alpha value is -2.15. The predicted octanol–water partition coefficient (Wildman–Crippen LogP) is 1.24. The van der Waals surface area contributed by atoms with Crippen LogP contribution in [0.4, 0.5) is 4.79 Å². The lowest BCUT2D eigenvalue weighted by Gasteiger charge is -2.23. The zero-order chi connectivity index (χ0) is 16.6. The third kappa shape index (κ3) is 7.03. The first-order valence-electron chi connectivity index (χ1n) is 6.97. The zero-order valence-electron chi connectivity index (χ0n) is 13.4. The van der Waals surface area contributed by atoms with Crippen LogP contribution in [0.25, 0.3) is 0 Å². The Balaban J connectivity index is 2.73. The van der Waals surface area contributed by atoms with Crippen molar-refractivity contribution < 1.29 is 19.1 Å². The van der Waals surface area contributed by atoms with Gasteiger partial charge >= 0.3 is 6.09 Å². The van der Waals surface area contributed by atoms with Crippen molar-refractivity contribution in [2.75, 3.05) is 13.8 Å². The second-order valence-corrected chi connectivity index (χ2v) is 5.74. The fourth-order valence-electron chi connectivity index (χ4n) is 1.68. The highest BCUT2D eigenvalue weighted by Crippen LogP contribution is 2.08. The standard InChI is InChI=1S/C15H23N3O4/c1-15(2,3)22-14(20)18-12(13(19)17-10-21-4)8-11-6-5-7-16-9-11/h5-7,9,12H,8,10H2,1-4H3,(H,17,19)(H,18,20)/t12-/m0/s1. The number of alkyl carbamates (subject to hydrolysis) is 1. The van der Waals surface area contributed by atoms with Gasteiger partial charge in [0.2, 0.25) is 5.91 Å². The Kier molecular flexibility index (Phi) is 6.78. The SMILES string of the molecule is COCNC(=O)[C@H](Cc1cccnc1)NC(=O)OC(C)(C)C. The van der Waals surface area contributed by atoms with Crippen molar-refractivity contribution >= 4 is 12.0 Å². The summed E-state index contributed by atoms with van der Waals surface area (Å²) in [7, 11) is 1.47. The van der Waals surface area contributed by atoms with Crippen molar-refractivity contribution in [2.45, 2.75) is 38.8 Å².